The summed E-state index contributed by atoms with van der Waals surface area (Å²) < 4.78 is 27.3. The highest BCUT2D eigenvalue weighted by Gasteiger charge is 2.43. The van der Waals surface area contributed by atoms with Crippen LogP contribution in [-0.2, 0) is 14.8 Å². The molecule has 1 unspecified atom stereocenters. The molecule has 1 heterocycles. The molecule has 0 aliphatic carbocycles. The van der Waals surface area contributed by atoms with Gasteiger partial charge in [-0.05, 0) is 40.5 Å². The molecule has 0 spiro atoms. The van der Waals surface area contributed by atoms with Crippen molar-refractivity contribution in [2.45, 2.75) is 24.3 Å². The normalized spacial score (nSPS) is 18.3. The number of nitrogens with two attached hydrogens (primary N) is 1. The van der Waals surface area contributed by atoms with Crippen LogP contribution in [0.3, 0.4) is 0 Å². The molecule has 0 bridgehead atoms. The number of benzene rings is 2. The van der Waals surface area contributed by atoms with Gasteiger partial charge in [-0.3, -0.25) is 9.10 Å². The number of anilines is 1. The summed E-state index contributed by atoms with van der Waals surface area (Å²) in [5, 5.41) is 11.1. The summed E-state index contributed by atoms with van der Waals surface area (Å²) in [7, 11) is -3.82. The minimum absolute atomic E-state index is 0.152. The molecule has 2 aromatic rings. The van der Waals surface area contributed by atoms with Crippen LogP contribution in [0.15, 0.2) is 58.8 Å². The predicted octanol–water partition coefficient (Wildman–Crippen LogP) is 3.42. The molecule has 0 saturated heterocycles. The minimum atomic E-state index is -3.82. The molecule has 142 valence electrons. The number of hydrogen-bond acceptors (Lipinski definition) is 5. The van der Waals surface area contributed by atoms with E-state index in [1.165, 1.54) is 10.4 Å². The molecule has 1 aliphatic heterocycles. The fourth-order valence-electron chi connectivity index (χ4n) is 3.11. The van der Waals surface area contributed by atoms with Gasteiger partial charge in [0.2, 0.25) is 0 Å². The first-order chi connectivity index (χ1) is 12.9. The molecule has 0 saturated carbocycles. The van der Waals surface area contributed by atoms with Crippen molar-refractivity contribution >= 4 is 39.1 Å². The van der Waals surface area contributed by atoms with E-state index in [2.05, 4.69) is 0 Å². The zero-order chi connectivity index (χ0) is 19.6. The smallest absolute Gasteiger partial charge is 0.305 e. The molecule has 0 amide bonds. The Kier molecular flexibility index (Phi) is 5.48. The summed E-state index contributed by atoms with van der Waals surface area (Å²) in [5.41, 5.74) is 8.33. The third-order valence-electron chi connectivity index (χ3n) is 4.30. The van der Waals surface area contributed by atoms with Crippen LogP contribution in [0, 0.1) is 0 Å². The highest BCUT2D eigenvalue weighted by Crippen LogP contribution is 2.44. The van der Waals surface area contributed by atoms with Crippen LogP contribution >= 0.6 is 11.8 Å². The number of sulfonamides is 1. The number of thioether (sulfide) groups is 1. The molecule has 0 fully saturated rings. The van der Waals surface area contributed by atoms with Gasteiger partial charge in [-0.15, -0.1) is 11.8 Å². The van der Waals surface area contributed by atoms with Crippen LogP contribution < -0.4 is 10.0 Å². The van der Waals surface area contributed by atoms with Gasteiger partial charge in [0.05, 0.1) is 23.0 Å². The highest BCUT2D eigenvalue weighted by molar-refractivity contribution is 8.02. The molecule has 0 aromatic heterocycles. The van der Waals surface area contributed by atoms with E-state index in [0.29, 0.717) is 16.9 Å². The summed E-state index contributed by atoms with van der Waals surface area (Å²) in [6, 6.07) is 12.5. The van der Waals surface area contributed by atoms with E-state index in [0.717, 1.165) is 11.3 Å². The van der Waals surface area contributed by atoms with Crippen LogP contribution in [0.4, 0.5) is 5.69 Å². The Labute approximate surface area is 162 Å². The van der Waals surface area contributed by atoms with Crippen molar-refractivity contribution in [3.63, 3.8) is 0 Å². The number of aliphatic carboxylic acids is 1. The van der Waals surface area contributed by atoms with Gasteiger partial charge >= 0.3 is 5.97 Å². The predicted molar refractivity (Wildman–Crippen MR) is 108 cm³/mol. The van der Waals surface area contributed by atoms with Crippen LogP contribution in [0.1, 0.15) is 30.5 Å². The molecule has 1 atom stereocenters. The summed E-state index contributed by atoms with van der Waals surface area (Å²) >= 11 is 1.58. The summed E-state index contributed by atoms with van der Waals surface area (Å²) in [6.45, 7) is 2.02. The number of rotatable bonds is 6. The molecule has 6 nitrogen and oxygen atoms in total. The summed E-state index contributed by atoms with van der Waals surface area (Å²) in [6.07, 6.45) is -0.312. The number of carboxylic acids is 1. The summed E-state index contributed by atoms with van der Waals surface area (Å²) in [5.74, 6) is -0.155. The monoisotopic (exact) mass is 404 g/mol. The van der Waals surface area contributed by atoms with Crippen molar-refractivity contribution in [3.05, 3.63) is 65.1 Å². The van der Waals surface area contributed by atoms with Crippen LogP contribution in [-0.4, -0.2) is 25.2 Å². The fourth-order valence-corrected chi connectivity index (χ4v) is 5.48. The van der Waals surface area contributed by atoms with E-state index in [1.807, 2.05) is 12.3 Å². The molecule has 2 aromatic carbocycles. The number of fused-ring (bicyclic) bond motifs is 1. The van der Waals surface area contributed by atoms with Crippen molar-refractivity contribution in [1.29, 1.82) is 0 Å². The molecular weight excluding hydrogens is 384 g/mol. The zero-order valence-electron chi connectivity index (χ0n) is 14.7. The second-order valence-corrected chi connectivity index (χ2v) is 8.96. The number of hydrogen-bond donors (Lipinski definition) is 2. The van der Waals surface area contributed by atoms with Gasteiger partial charge in [-0.25, -0.2) is 8.42 Å². The van der Waals surface area contributed by atoms with E-state index in [-0.39, 0.29) is 11.3 Å². The van der Waals surface area contributed by atoms with Gasteiger partial charge in [-0.1, -0.05) is 37.3 Å². The van der Waals surface area contributed by atoms with Crippen molar-refractivity contribution in [2.24, 2.45) is 5.73 Å². The maximum Gasteiger partial charge on any atom is 0.305 e. The Hall–Kier alpha value is -2.45. The molecule has 8 heteroatoms. The van der Waals surface area contributed by atoms with Crippen LogP contribution in [0.5, 0.6) is 0 Å². The third-order valence-corrected chi connectivity index (χ3v) is 6.96. The van der Waals surface area contributed by atoms with Gasteiger partial charge in [0.25, 0.3) is 10.0 Å². The Bertz CT molecular complexity index is 985. The van der Waals surface area contributed by atoms with Crippen molar-refractivity contribution in [2.75, 3.05) is 10.1 Å². The first kappa shape index (κ1) is 19.3. The quantitative estimate of drug-likeness (QED) is 0.765. The Morgan fingerprint density at radius 2 is 1.89 bits per heavy atom. The highest BCUT2D eigenvalue weighted by atomic mass is 32.2. The fraction of sp³-hybridized carbons (Fsp3) is 0.211. The molecule has 3 N–H and O–H groups in total. The number of carbonyl (C=O) groups is 1. The molecule has 3 rings (SSSR count). The minimum Gasteiger partial charge on any atom is -0.481 e. The van der Waals surface area contributed by atoms with Crippen molar-refractivity contribution < 1.29 is 18.3 Å². The van der Waals surface area contributed by atoms with E-state index in [9.17, 15) is 18.3 Å². The maximum atomic E-state index is 13.0. The van der Waals surface area contributed by atoms with E-state index in [4.69, 9.17) is 5.73 Å². The van der Waals surface area contributed by atoms with Gasteiger partial charge < -0.3 is 10.8 Å². The Morgan fingerprint density at radius 3 is 2.52 bits per heavy atom. The number of carboxylic acid groups (broad SMARTS) is 1. The molecular formula is C19H20N2O4S2. The van der Waals surface area contributed by atoms with Crippen molar-refractivity contribution in [1.82, 2.24) is 0 Å². The second kappa shape index (κ2) is 7.66. The van der Waals surface area contributed by atoms with Crippen LogP contribution in [0.25, 0.3) is 5.70 Å². The zero-order valence-corrected chi connectivity index (χ0v) is 16.3. The second-order valence-electron chi connectivity index (χ2n) is 6.03. The molecule has 27 heavy (non-hydrogen) atoms. The van der Waals surface area contributed by atoms with Gasteiger partial charge in [0.1, 0.15) is 0 Å². The SMILES string of the molecule is CCS/C=C(\N)c1ccc(N2C(CC(=O)O)c3ccccc3S2(=O)=O)cc1. The van der Waals surface area contributed by atoms with Crippen LogP contribution in [0.2, 0.25) is 0 Å². The lowest BCUT2D eigenvalue weighted by atomic mass is 10.0. The lowest BCUT2D eigenvalue weighted by Gasteiger charge is -2.25. The van der Waals surface area contributed by atoms with Gasteiger partial charge in [0.15, 0.2) is 0 Å². The average Bonchev–Trinajstić information content (AvgIpc) is 2.87. The van der Waals surface area contributed by atoms with E-state index < -0.39 is 22.0 Å². The Balaban J connectivity index is 2.03. The van der Waals surface area contributed by atoms with Gasteiger partial charge in [0, 0.05) is 5.70 Å². The van der Waals surface area contributed by atoms with Gasteiger partial charge in [-0.2, -0.15) is 0 Å². The van der Waals surface area contributed by atoms with E-state index >= 15 is 0 Å². The molecule has 1 aliphatic rings. The lowest BCUT2D eigenvalue weighted by Crippen LogP contribution is -2.29. The lowest BCUT2D eigenvalue weighted by molar-refractivity contribution is -0.137. The van der Waals surface area contributed by atoms with E-state index in [1.54, 1.807) is 54.2 Å². The molecule has 0 radical (unpaired) electrons. The Morgan fingerprint density at radius 1 is 1.22 bits per heavy atom. The average molecular weight is 405 g/mol. The van der Waals surface area contributed by atoms with Crippen molar-refractivity contribution in [3.8, 4) is 0 Å². The standard InChI is InChI=1S/C19H20N2O4S2/c1-2-26-12-16(20)13-7-9-14(10-8-13)21-17(11-19(22)23)15-5-3-4-6-18(15)27(21,24)25/h3-10,12,17H,2,11,20H2,1H3,(H,22,23)/b16-12-. The summed E-state index contributed by atoms with van der Waals surface area (Å²) in [4.78, 5) is 11.5. The topological polar surface area (TPSA) is 101 Å². The first-order valence-electron chi connectivity index (χ1n) is 8.39. The number of nitrogens with zero attached hydrogens (tertiary/aromatic N) is 1. The first-order valence-corrected chi connectivity index (χ1v) is 10.9. The largest absolute Gasteiger partial charge is 0.481 e. The maximum absolute atomic E-state index is 13.0. The third kappa shape index (κ3) is 3.68.